The summed E-state index contributed by atoms with van der Waals surface area (Å²) in [5, 5.41) is 12.2. The molecule has 2 aromatic carbocycles. The fourth-order valence-corrected chi connectivity index (χ4v) is 3.41. The number of nitrogens with one attached hydrogen (secondary N) is 1. The predicted molar refractivity (Wildman–Crippen MR) is 128 cm³/mol. The van der Waals surface area contributed by atoms with Crippen molar-refractivity contribution < 1.29 is 50.4 Å². The van der Waals surface area contributed by atoms with Gasteiger partial charge in [0.25, 0.3) is 5.91 Å². The number of rotatable bonds is 9. The third-order valence-electron chi connectivity index (χ3n) is 4.65. The molecule has 1 atom stereocenters. The number of benzene rings is 2. The molecule has 1 aromatic heterocycles. The van der Waals surface area contributed by atoms with Crippen molar-refractivity contribution in [3.63, 3.8) is 0 Å². The number of hydrogen-bond acceptors (Lipinski definition) is 5. The number of carboxylic acid groups (broad SMARTS) is 1. The van der Waals surface area contributed by atoms with E-state index in [2.05, 4.69) is 15.3 Å². The first kappa shape index (κ1) is 27.8. The van der Waals surface area contributed by atoms with Crippen molar-refractivity contribution in [1.82, 2.24) is 15.3 Å². The molecule has 1 amide bonds. The van der Waals surface area contributed by atoms with Gasteiger partial charge in [-0.1, -0.05) is 60.5 Å². The Morgan fingerprint density at radius 3 is 2.29 bits per heavy atom. The number of carbonyl (C=O) groups excluding carboxylic acids is 1. The van der Waals surface area contributed by atoms with Crippen LogP contribution in [0.1, 0.15) is 36.3 Å². The number of aliphatic carboxylic acids is 1. The number of aryl methyl sites for hydroxylation is 1. The largest absolute Gasteiger partial charge is 1.00 e. The Bertz CT molecular complexity index is 1140. The molecule has 3 rings (SSSR count). The SMILES string of the molecule is CCc1cnc(Oc2ccc(C=CCC(NC(=O)c3c(Cl)cccc3Cl)C(=O)O)cc2)nc1.[H-].[Na+]. The van der Waals surface area contributed by atoms with E-state index < -0.39 is 17.9 Å². The molecule has 10 heteroatoms. The molecule has 0 radical (unpaired) electrons. The fourth-order valence-electron chi connectivity index (χ4n) is 2.84. The van der Waals surface area contributed by atoms with Crippen molar-refractivity contribution in [3.05, 3.63) is 87.7 Å². The summed E-state index contributed by atoms with van der Waals surface area (Å²) in [6.45, 7) is 2.02. The summed E-state index contributed by atoms with van der Waals surface area (Å²) in [6, 6.07) is 10.9. The summed E-state index contributed by atoms with van der Waals surface area (Å²) in [4.78, 5) is 32.4. The van der Waals surface area contributed by atoms with Gasteiger partial charge in [0.2, 0.25) is 0 Å². The summed E-state index contributed by atoms with van der Waals surface area (Å²) in [5.74, 6) is -1.25. The number of hydrogen-bond donors (Lipinski definition) is 2. The Balaban J connectivity index is 0.00000306. The Labute approximate surface area is 231 Å². The first-order chi connectivity index (χ1) is 15.9. The van der Waals surface area contributed by atoms with Gasteiger partial charge in [-0.15, -0.1) is 0 Å². The van der Waals surface area contributed by atoms with Gasteiger partial charge in [-0.3, -0.25) is 4.79 Å². The van der Waals surface area contributed by atoms with E-state index in [1.54, 1.807) is 42.7 Å². The first-order valence-electron chi connectivity index (χ1n) is 10.1. The van der Waals surface area contributed by atoms with E-state index in [-0.39, 0.29) is 59.0 Å². The first-order valence-corrected chi connectivity index (χ1v) is 10.9. The van der Waals surface area contributed by atoms with E-state index >= 15 is 0 Å². The van der Waals surface area contributed by atoms with Crippen LogP contribution in [0.15, 0.2) is 60.9 Å². The maximum Gasteiger partial charge on any atom is 1.00 e. The van der Waals surface area contributed by atoms with Crippen LogP contribution >= 0.6 is 23.2 Å². The third-order valence-corrected chi connectivity index (χ3v) is 5.28. The second kappa shape index (κ2) is 13.5. The molecule has 2 N–H and O–H groups in total. The quantitative estimate of drug-likeness (QED) is 0.430. The number of nitrogens with zero attached hydrogens (tertiary/aromatic N) is 2. The topological polar surface area (TPSA) is 101 Å². The standard InChI is InChI=1S/C24H21Cl2N3O4.Na.H/c1-2-15-13-27-24(28-14-15)33-17-11-9-16(10-12-17)5-3-8-20(23(31)32)29-22(30)21-18(25)6-4-7-19(21)26;;/h3-7,9-14,20H,2,8H2,1H3,(H,29,30)(H,31,32);;/q;+1;-1. The molecule has 1 heterocycles. The molecule has 0 bridgehead atoms. The van der Waals surface area contributed by atoms with Gasteiger partial charge in [-0.2, -0.15) is 0 Å². The minimum absolute atomic E-state index is 0. The zero-order chi connectivity index (χ0) is 23.8. The van der Waals surface area contributed by atoms with Crippen molar-refractivity contribution in [2.45, 2.75) is 25.8 Å². The molecule has 0 spiro atoms. The number of ether oxygens (including phenoxy) is 1. The fraction of sp³-hybridized carbons (Fsp3) is 0.167. The predicted octanol–water partition coefficient (Wildman–Crippen LogP) is 2.54. The molecule has 1 unspecified atom stereocenters. The average Bonchev–Trinajstić information content (AvgIpc) is 2.80. The smallest absolute Gasteiger partial charge is 1.00 e. The summed E-state index contributed by atoms with van der Waals surface area (Å²) >= 11 is 12.0. The molecule has 0 fully saturated rings. The summed E-state index contributed by atoms with van der Waals surface area (Å²) < 4.78 is 5.62. The van der Waals surface area contributed by atoms with Gasteiger partial charge in [0.05, 0.1) is 15.6 Å². The van der Waals surface area contributed by atoms with Crippen LogP contribution in [0.3, 0.4) is 0 Å². The van der Waals surface area contributed by atoms with Crippen LogP contribution in [-0.2, 0) is 11.2 Å². The maximum absolute atomic E-state index is 12.5. The molecule has 0 aliphatic rings. The molecule has 0 saturated carbocycles. The zero-order valence-corrected chi connectivity index (χ0v) is 22.2. The summed E-state index contributed by atoms with van der Waals surface area (Å²) in [6.07, 6.45) is 7.77. The van der Waals surface area contributed by atoms with E-state index in [0.29, 0.717) is 5.75 Å². The van der Waals surface area contributed by atoms with E-state index in [1.807, 2.05) is 19.1 Å². The zero-order valence-electron chi connectivity index (χ0n) is 19.7. The molecule has 0 aliphatic carbocycles. The van der Waals surface area contributed by atoms with Crippen LogP contribution in [0.5, 0.6) is 11.8 Å². The summed E-state index contributed by atoms with van der Waals surface area (Å²) in [7, 11) is 0. The number of halogens is 2. The van der Waals surface area contributed by atoms with Gasteiger partial charge in [0.15, 0.2) is 0 Å². The average molecular weight is 510 g/mol. The third kappa shape index (κ3) is 7.82. The molecule has 0 saturated heterocycles. The molecular weight excluding hydrogens is 488 g/mol. The minimum atomic E-state index is -1.17. The van der Waals surface area contributed by atoms with Crippen molar-refractivity contribution in [2.75, 3.05) is 0 Å². The number of amides is 1. The van der Waals surface area contributed by atoms with E-state index in [0.717, 1.165) is 17.5 Å². The molecule has 0 aliphatic heterocycles. The molecular formula is C24H22Cl2N3NaO4. The molecule has 3 aromatic rings. The number of carboxylic acids is 1. The van der Waals surface area contributed by atoms with E-state index in [4.69, 9.17) is 27.9 Å². The minimum Gasteiger partial charge on any atom is -1.00 e. The van der Waals surface area contributed by atoms with Gasteiger partial charge in [0, 0.05) is 12.4 Å². The Hall–Kier alpha value is -2.42. The van der Waals surface area contributed by atoms with E-state index in [9.17, 15) is 14.7 Å². The Kier molecular flexibility index (Phi) is 11.0. The number of aromatic nitrogens is 2. The second-order valence-corrected chi connectivity index (χ2v) is 7.81. The van der Waals surface area contributed by atoms with Crippen molar-refractivity contribution >= 4 is 41.2 Å². The monoisotopic (exact) mass is 509 g/mol. The van der Waals surface area contributed by atoms with Gasteiger partial charge in [-0.05, 0) is 48.2 Å². The van der Waals surface area contributed by atoms with Crippen molar-refractivity contribution in [2.24, 2.45) is 0 Å². The normalized spacial score (nSPS) is 11.5. The van der Waals surface area contributed by atoms with Crippen LogP contribution in [0.25, 0.3) is 6.08 Å². The van der Waals surface area contributed by atoms with Gasteiger partial charge in [0.1, 0.15) is 11.8 Å². The Morgan fingerprint density at radius 1 is 1.12 bits per heavy atom. The molecule has 172 valence electrons. The van der Waals surface area contributed by atoms with Gasteiger partial charge >= 0.3 is 41.5 Å². The van der Waals surface area contributed by atoms with E-state index in [1.165, 1.54) is 12.1 Å². The van der Waals surface area contributed by atoms with Crippen molar-refractivity contribution in [3.8, 4) is 11.8 Å². The molecule has 7 nitrogen and oxygen atoms in total. The molecule has 34 heavy (non-hydrogen) atoms. The van der Waals surface area contributed by atoms with Crippen LogP contribution in [0.4, 0.5) is 0 Å². The number of carbonyl (C=O) groups is 2. The second-order valence-electron chi connectivity index (χ2n) is 7.00. The van der Waals surface area contributed by atoms with Gasteiger partial charge in [-0.25, -0.2) is 14.8 Å². The van der Waals surface area contributed by atoms with Crippen LogP contribution in [0, 0.1) is 0 Å². The van der Waals surface area contributed by atoms with Crippen LogP contribution in [-0.4, -0.2) is 33.0 Å². The maximum atomic E-state index is 12.5. The van der Waals surface area contributed by atoms with Crippen LogP contribution in [0.2, 0.25) is 10.0 Å². The van der Waals surface area contributed by atoms with Crippen molar-refractivity contribution in [1.29, 1.82) is 0 Å². The van der Waals surface area contributed by atoms with Crippen LogP contribution < -0.4 is 39.6 Å². The summed E-state index contributed by atoms with van der Waals surface area (Å²) in [5.41, 5.74) is 1.89. The van der Waals surface area contributed by atoms with Gasteiger partial charge < -0.3 is 16.6 Å². The Morgan fingerprint density at radius 2 is 1.74 bits per heavy atom.